The van der Waals surface area contributed by atoms with Crippen LogP contribution in [-0.4, -0.2) is 29.3 Å². The van der Waals surface area contributed by atoms with Crippen molar-refractivity contribution in [2.45, 2.75) is 38.6 Å². The molecule has 0 radical (unpaired) electrons. The van der Waals surface area contributed by atoms with Gasteiger partial charge in [-0.2, -0.15) is 0 Å². The quantitative estimate of drug-likeness (QED) is 0.804. The molecule has 1 aliphatic heterocycles. The van der Waals surface area contributed by atoms with Gasteiger partial charge in [0.1, 0.15) is 12.1 Å². The lowest BCUT2D eigenvalue weighted by Gasteiger charge is -2.23. The van der Waals surface area contributed by atoms with Crippen molar-refractivity contribution in [1.29, 1.82) is 0 Å². The molecular weight excluding hydrogens is 354 g/mol. The van der Waals surface area contributed by atoms with E-state index in [1.807, 2.05) is 37.3 Å². The van der Waals surface area contributed by atoms with Crippen molar-refractivity contribution in [3.8, 4) is 0 Å². The number of urea groups is 1. The van der Waals surface area contributed by atoms with Crippen LogP contribution in [0.3, 0.4) is 0 Å². The lowest BCUT2D eigenvalue weighted by Crippen LogP contribution is -2.42. The van der Waals surface area contributed by atoms with Crippen molar-refractivity contribution >= 4 is 23.5 Å². The molecule has 1 heterocycles. The van der Waals surface area contributed by atoms with E-state index < -0.39 is 23.4 Å². The second-order valence-corrected chi connectivity index (χ2v) is 7.70. The number of nitrogens with one attached hydrogen (secondary N) is 2. The zero-order valence-corrected chi connectivity index (χ0v) is 16.0. The van der Waals surface area contributed by atoms with Gasteiger partial charge >= 0.3 is 6.03 Å². The normalized spacial score (nSPS) is 20.9. The molecule has 144 valence electrons. The number of imide groups is 1. The fourth-order valence-corrected chi connectivity index (χ4v) is 3.90. The van der Waals surface area contributed by atoms with Crippen LogP contribution < -0.4 is 10.6 Å². The van der Waals surface area contributed by atoms with Gasteiger partial charge < -0.3 is 10.6 Å². The summed E-state index contributed by atoms with van der Waals surface area (Å²) in [6.45, 7) is 3.33. The van der Waals surface area contributed by atoms with Crippen molar-refractivity contribution in [3.63, 3.8) is 0 Å². The predicted octanol–water partition coefficient (Wildman–Crippen LogP) is 2.89. The monoisotopic (exact) mass is 377 g/mol. The van der Waals surface area contributed by atoms with E-state index in [9.17, 15) is 14.4 Å². The maximum atomic E-state index is 13.0. The van der Waals surface area contributed by atoms with Crippen molar-refractivity contribution in [3.05, 3.63) is 64.7 Å². The Morgan fingerprint density at radius 2 is 1.82 bits per heavy atom. The first-order valence-corrected chi connectivity index (χ1v) is 9.50. The summed E-state index contributed by atoms with van der Waals surface area (Å²) in [4.78, 5) is 38.8. The minimum atomic E-state index is -1.15. The summed E-state index contributed by atoms with van der Waals surface area (Å²) in [7, 11) is 0. The van der Waals surface area contributed by atoms with Gasteiger partial charge in [0, 0.05) is 5.69 Å². The number of hydrogen-bond acceptors (Lipinski definition) is 3. The summed E-state index contributed by atoms with van der Waals surface area (Å²) in [5, 5.41) is 5.50. The molecule has 0 unspecified atom stereocenters. The summed E-state index contributed by atoms with van der Waals surface area (Å²) in [6.07, 6.45) is 3.16. The van der Waals surface area contributed by atoms with Crippen LogP contribution in [0.2, 0.25) is 0 Å². The fourth-order valence-electron chi connectivity index (χ4n) is 3.90. The van der Waals surface area contributed by atoms with Crippen LogP contribution in [0.5, 0.6) is 0 Å². The van der Waals surface area contributed by atoms with Crippen molar-refractivity contribution < 1.29 is 14.4 Å². The van der Waals surface area contributed by atoms with Crippen LogP contribution in [0.25, 0.3) is 0 Å². The highest BCUT2D eigenvalue weighted by molar-refractivity contribution is 6.10. The summed E-state index contributed by atoms with van der Waals surface area (Å²) in [5.41, 5.74) is 3.85. The molecule has 28 heavy (non-hydrogen) atoms. The molecule has 1 fully saturated rings. The lowest BCUT2D eigenvalue weighted by atomic mass is 9.89. The number of anilines is 1. The number of hydrogen-bond donors (Lipinski definition) is 2. The van der Waals surface area contributed by atoms with Crippen LogP contribution in [0.15, 0.2) is 42.5 Å². The van der Waals surface area contributed by atoms with Gasteiger partial charge in [-0.1, -0.05) is 35.9 Å². The second kappa shape index (κ2) is 6.78. The smallest absolute Gasteiger partial charge is 0.325 e. The number of benzene rings is 2. The minimum absolute atomic E-state index is 0.320. The van der Waals surface area contributed by atoms with Gasteiger partial charge in [-0.15, -0.1) is 0 Å². The van der Waals surface area contributed by atoms with Gasteiger partial charge in [-0.3, -0.25) is 14.5 Å². The number of amides is 4. The first kappa shape index (κ1) is 18.2. The van der Waals surface area contributed by atoms with E-state index in [1.165, 1.54) is 11.1 Å². The molecule has 1 aliphatic carbocycles. The van der Waals surface area contributed by atoms with Gasteiger partial charge in [0.15, 0.2) is 0 Å². The van der Waals surface area contributed by atoms with E-state index >= 15 is 0 Å². The molecule has 2 aliphatic rings. The molecule has 4 rings (SSSR count). The number of rotatable bonds is 4. The topological polar surface area (TPSA) is 78.5 Å². The Morgan fingerprint density at radius 3 is 2.57 bits per heavy atom. The highest BCUT2D eigenvalue weighted by Crippen LogP contribution is 2.32. The maximum absolute atomic E-state index is 13.0. The highest BCUT2D eigenvalue weighted by atomic mass is 16.2. The molecule has 6 heteroatoms. The number of nitrogens with zero attached hydrogens (tertiary/aromatic N) is 1. The minimum Gasteiger partial charge on any atom is -0.325 e. The second-order valence-electron chi connectivity index (χ2n) is 7.70. The van der Waals surface area contributed by atoms with Crippen LogP contribution in [0.1, 0.15) is 35.6 Å². The largest absolute Gasteiger partial charge is 0.325 e. The number of aryl methyl sites for hydroxylation is 3. The molecule has 0 spiro atoms. The van der Waals surface area contributed by atoms with Crippen LogP contribution in [0.4, 0.5) is 10.5 Å². The average molecular weight is 377 g/mol. The zero-order chi connectivity index (χ0) is 19.9. The van der Waals surface area contributed by atoms with Gasteiger partial charge in [0.2, 0.25) is 5.91 Å². The third-order valence-electron chi connectivity index (χ3n) is 5.59. The third kappa shape index (κ3) is 3.15. The van der Waals surface area contributed by atoms with E-state index in [0.717, 1.165) is 35.3 Å². The maximum Gasteiger partial charge on any atom is 0.325 e. The number of carbonyl (C=O) groups is 3. The Bertz CT molecular complexity index is 967. The predicted molar refractivity (Wildman–Crippen MR) is 106 cm³/mol. The summed E-state index contributed by atoms with van der Waals surface area (Å²) < 4.78 is 0. The Hall–Kier alpha value is -3.15. The zero-order valence-electron chi connectivity index (χ0n) is 16.0. The molecule has 2 N–H and O–H groups in total. The first-order chi connectivity index (χ1) is 13.4. The van der Waals surface area contributed by atoms with Crippen LogP contribution in [-0.2, 0) is 28.0 Å². The van der Waals surface area contributed by atoms with Crippen LogP contribution >= 0.6 is 0 Å². The molecule has 0 bridgehead atoms. The molecule has 2 aromatic carbocycles. The SMILES string of the molecule is Cc1ccc(NC(=O)CN2C(=O)N[C@](C)(c3ccc4c(c3)CCC4)C2=O)cc1. The van der Waals surface area contributed by atoms with Crippen LogP contribution in [0, 0.1) is 6.92 Å². The summed E-state index contributed by atoms with van der Waals surface area (Å²) in [5.74, 6) is -0.819. The molecule has 6 nitrogen and oxygen atoms in total. The molecule has 1 atom stereocenters. The fraction of sp³-hybridized carbons (Fsp3) is 0.318. The standard InChI is InChI=1S/C22H23N3O3/c1-14-6-10-18(11-7-14)23-19(26)13-25-20(27)22(2,24-21(25)28)17-9-8-15-4-3-5-16(15)12-17/h6-12H,3-5,13H2,1-2H3,(H,23,26)(H,24,28)/t22-/m1/s1. The van der Waals surface area contributed by atoms with E-state index in [2.05, 4.69) is 10.6 Å². The average Bonchev–Trinajstić information content (AvgIpc) is 3.22. The van der Waals surface area contributed by atoms with Gasteiger partial charge in [0.25, 0.3) is 5.91 Å². The summed E-state index contributed by atoms with van der Waals surface area (Å²) in [6, 6.07) is 12.7. The number of fused-ring (bicyclic) bond motifs is 1. The molecule has 2 aromatic rings. The third-order valence-corrected chi connectivity index (χ3v) is 5.59. The van der Waals surface area contributed by atoms with Gasteiger partial charge in [-0.05, 0) is 61.9 Å². The molecular formula is C22H23N3O3. The Kier molecular flexibility index (Phi) is 4.41. The highest BCUT2D eigenvalue weighted by Gasteiger charge is 2.49. The van der Waals surface area contributed by atoms with Gasteiger partial charge in [-0.25, -0.2) is 4.79 Å². The van der Waals surface area contributed by atoms with E-state index in [4.69, 9.17) is 0 Å². The van der Waals surface area contributed by atoms with E-state index in [0.29, 0.717) is 5.69 Å². The first-order valence-electron chi connectivity index (χ1n) is 9.50. The van der Waals surface area contributed by atoms with Gasteiger partial charge in [0.05, 0.1) is 0 Å². The van der Waals surface area contributed by atoms with Crippen molar-refractivity contribution in [2.75, 3.05) is 11.9 Å². The van der Waals surface area contributed by atoms with Crippen molar-refractivity contribution in [1.82, 2.24) is 10.2 Å². The molecule has 0 aromatic heterocycles. The Labute approximate surface area is 163 Å². The van der Waals surface area contributed by atoms with Crippen molar-refractivity contribution in [2.24, 2.45) is 0 Å². The lowest BCUT2D eigenvalue weighted by molar-refractivity contribution is -0.133. The summed E-state index contributed by atoms with van der Waals surface area (Å²) >= 11 is 0. The van der Waals surface area contributed by atoms with E-state index in [1.54, 1.807) is 19.1 Å². The molecule has 4 amide bonds. The molecule has 1 saturated heterocycles. The Morgan fingerprint density at radius 1 is 1.11 bits per heavy atom. The number of carbonyl (C=O) groups excluding carboxylic acids is 3. The Balaban J connectivity index is 1.50. The van der Waals surface area contributed by atoms with E-state index in [-0.39, 0.29) is 6.54 Å². The molecule has 0 saturated carbocycles.